The van der Waals surface area contributed by atoms with Crippen LogP contribution in [0.3, 0.4) is 0 Å². The zero-order valence-electron chi connectivity index (χ0n) is 9.40. The van der Waals surface area contributed by atoms with Crippen LogP contribution in [0.1, 0.15) is 16.8 Å². The van der Waals surface area contributed by atoms with Crippen molar-refractivity contribution in [1.82, 2.24) is 4.90 Å². The molecule has 0 spiro atoms. The number of benzene rings is 1. The topological polar surface area (TPSA) is 57.6 Å². The van der Waals surface area contributed by atoms with E-state index < -0.39 is 11.9 Å². The summed E-state index contributed by atoms with van der Waals surface area (Å²) in [5.41, 5.74) is 0.551. The maximum absolute atomic E-state index is 12.3. The van der Waals surface area contributed by atoms with Gasteiger partial charge < -0.3 is 10.0 Å². The average molecular weight is 377 g/mol. The molecular weight excluding hydrogens is 366 g/mol. The van der Waals surface area contributed by atoms with Crippen molar-refractivity contribution >= 4 is 43.7 Å². The second-order valence-electron chi connectivity index (χ2n) is 4.20. The molecule has 1 aliphatic rings. The van der Waals surface area contributed by atoms with Crippen LogP contribution in [-0.4, -0.2) is 35.0 Å². The van der Waals surface area contributed by atoms with E-state index in [0.29, 0.717) is 18.5 Å². The summed E-state index contributed by atoms with van der Waals surface area (Å²) in [6.07, 6.45) is 0.521. The molecule has 6 heteroatoms. The zero-order valence-corrected chi connectivity index (χ0v) is 12.6. The minimum atomic E-state index is -0.835. The van der Waals surface area contributed by atoms with E-state index in [2.05, 4.69) is 31.9 Å². The smallest absolute Gasteiger partial charge is 0.308 e. The summed E-state index contributed by atoms with van der Waals surface area (Å²) in [7, 11) is 0. The van der Waals surface area contributed by atoms with Gasteiger partial charge in [0.1, 0.15) is 0 Å². The molecule has 2 rings (SSSR count). The van der Waals surface area contributed by atoms with Crippen molar-refractivity contribution in [2.75, 3.05) is 13.1 Å². The quantitative estimate of drug-likeness (QED) is 0.863. The third kappa shape index (κ3) is 2.75. The maximum Gasteiger partial charge on any atom is 0.308 e. The number of hydrogen-bond acceptors (Lipinski definition) is 2. The van der Waals surface area contributed by atoms with Crippen molar-refractivity contribution in [3.63, 3.8) is 0 Å². The number of rotatable bonds is 2. The van der Waals surface area contributed by atoms with E-state index in [-0.39, 0.29) is 12.5 Å². The third-order valence-electron chi connectivity index (χ3n) is 2.98. The van der Waals surface area contributed by atoms with Crippen LogP contribution in [0.5, 0.6) is 0 Å². The van der Waals surface area contributed by atoms with Crippen molar-refractivity contribution in [1.29, 1.82) is 0 Å². The predicted octanol–water partition coefficient (Wildman–Crippen LogP) is 2.76. The Bertz CT molecular complexity index is 504. The molecule has 1 atom stereocenters. The number of hydrogen-bond donors (Lipinski definition) is 1. The van der Waals surface area contributed by atoms with E-state index >= 15 is 0 Å². The molecule has 1 aliphatic heterocycles. The number of aliphatic carboxylic acids is 1. The number of likely N-dealkylation sites (tertiary alicyclic amines) is 1. The number of carboxylic acids is 1. The first-order chi connectivity index (χ1) is 8.49. The van der Waals surface area contributed by atoms with Crippen LogP contribution in [-0.2, 0) is 4.79 Å². The lowest BCUT2D eigenvalue weighted by molar-refractivity contribution is -0.141. The van der Waals surface area contributed by atoms with Crippen molar-refractivity contribution in [3.8, 4) is 0 Å². The van der Waals surface area contributed by atoms with Crippen molar-refractivity contribution < 1.29 is 14.7 Å². The van der Waals surface area contributed by atoms with Crippen LogP contribution in [0.15, 0.2) is 27.1 Å². The summed E-state index contributed by atoms with van der Waals surface area (Å²) in [6, 6.07) is 5.37. The molecule has 0 radical (unpaired) electrons. The Balaban J connectivity index is 2.17. The highest BCUT2D eigenvalue weighted by Gasteiger charge is 2.31. The highest BCUT2D eigenvalue weighted by molar-refractivity contribution is 9.11. The van der Waals surface area contributed by atoms with Gasteiger partial charge in [-0.2, -0.15) is 0 Å². The SMILES string of the molecule is O=C(O)C1CCN(C(=O)c2cc(Br)ccc2Br)C1. The fraction of sp³-hybridized carbons (Fsp3) is 0.333. The van der Waals surface area contributed by atoms with Gasteiger partial charge in [-0.15, -0.1) is 0 Å². The molecule has 0 aromatic heterocycles. The highest BCUT2D eigenvalue weighted by Crippen LogP contribution is 2.25. The van der Waals surface area contributed by atoms with E-state index in [4.69, 9.17) is 5.11 Å². The summed E-state index contributed by atoms with van der Waals surface area (Å²) >= 11 is 6.66. The number of halogens is 2. The first-order valence-corrected chi connectivity index (χ1v) is 7.05. The number of carboxylic acid groups (broad SMARTS) is 1. The summed E-state index contributed by atoms with van der Waals surface area (Å²) in [6.45, 7) is 0.780. The average Bonchev–Trinajstić information content (AvgIpc) is 2.81. The van der Waals surface area contributed by atoms with Gasteiger partial charge >= 0.3 is 5.97 Å². The first-order valence-electron chi connectivity index (χ1n) is 5.46. The minimum Gasteiger partial charge on any atom is -0.481 e. The monoisotopic (exact) mass is 375 g/mol. The maximum atomic E-state index is 12.3. The molecule has 18 heavy (non-hydrogen) atoms. The third-order valence-corrected chi connectivity index (χ3v) is 4.17. The largest absolute Gasteiger partial charge is 0.481 e. The molecule has 1 N–H and O–H groups in total. The lowest BCUT2D eigenvalue weighted by Gasteiger charge is -2.16. The Morgan fingerprint density at radius 1 is 1.33 bits per heavy atom. The van der Waals surface area contributed by atoms with Gasteiger partial charge in [0.2, 0.25) is 0 Å². The lowest BCUT2D eigenvalue weighted by Crippen LogP contribution is -2.30. The van der Waals surface area contributed by atoms with Crippen LogP contribution in [0.4, 0.5) is 0 Å². The van der Waals surface area contributed by atoms with Crippen LogP contribution >= 0.6 is 31.9 Å². The summed E-state index contributed by atoms with van der Waals surface area (Å²) in [5, 5.41) is 8.93. The molecule has 0 saturated carbocycles. The second-order valence-corrected chi connectivity index (χ2v) is 5.97. The molecular formula is C12H11Br2NO3. The minimum absolute atomic E-state index is 0.132. The summed E-state index contributed by atoms with van der Waals surface area (Å²) in [4.78, 5) is 24.7. The molecule has 1 aromatic carbocycles. The fourth-order valence-corrected chi connectivity index (χ4v) is 2.76. The molecule has 1 heterocycles. The van der Waals surface area contributed by atoms with E-state index in [0.717, 1.165) is 8.95 Å². The standard InChI is InChI=1S/C12H11Br2NO3/c13-8-1-2-10(14)9(5-8)11(16)15-4-3-7(6-15)12(17)18/h1-2,5,7H,3-4,6H2,(H,17,18). The van der Waals surface area contributed by atoms with Crippen LogP contribution in [0, 0.1) is 5.92 Å². The second kappa shape index (κ2) is 5.40. The number of amides is 1. The lowest BCUT2D eigenvalue weighted by atomic mass is 10.1. The van der Waals surface area contributed by atoms with Gasteiger partial charge in [0, 0.05) is 22.0 Å². The summed E-state index contributed by atoms with van der Waals surface area (Å²) < 4.78 is 1.54. The Hall–Kier alpha value is -0.880. The van der Waals surface area contributed by atoms with E-state index in [1.807, 2.05) is 6.07 Å². The fourth-order valence-electron chi connectivity index (χ4n) is 1.98. The van der Waals surface area contributed by atoms with Gasteiger partial charge in [0.25, 0.3) is 5.91 Å². The van der Waals surface area contributed by atoms with Crippen molar-refractivity contribution in [3.05, 3.63) is 32.7 Å². The molecule has 0 aliphatic carbocycles. The zero-order chi connectivity index (χ0) is 13.3. The van der Waals surface area contributed by atoms with Crippen LogP contribution in [0.2, 0.25) is 0 Å². The van der Waals surface area contributed by atoms with Crippen LogP contribution < -0.4 is 0 Å². The molecule has 1 unspecified atom stereocenters. The molecule has 1 amide bonds. The number of nitrogens with zero attached hydrogens (tertiary/aromatic N) is 1. The van der Waals surface area contributed by atoms with Gasteiger partial charge in [-0.05, 0) is 40.5 Å². The van der Waals surface area contributed by atoms with E-state index in [1.54, 1.807) is 17.0 Å². The number of carbonyl (C=O) groups excluding carboxylic acids is 1. The van der Waals surface area contributed by atoms with E-state index in [9.17, 15) is 9.59 Å². The molecule has 1 saturated heterocycles. The molecule has 0 bridgehead atoms. The normalized spacial score (nSPS) is 19.0. The highest BCUT2D eigenvalue weighted by atomic mass is 79.9. The Morgan fingerprint density at radius 2 is 2.06 bits per heavy atom. The Labute approximate surface area is 121 Å². The summed E-state index contributed by atoms with van der Waals surface area (Å²) in [5.74, 6) is -1.41. The van der Waals surface area contributed by atoms with Gasteiger partial charge in [-0.25, -0.2) is 0 Å². The predicted molar refractivity (Wildman–Crippen MR) is 73.5 cm³/mol. The van der Waals surface area contributed by atoms with Crippen molar-refractivity contribution in [2.45, 2.75) is 6.42 Å². The van der Waals surface area contributed by atoms with Gasteiger partial charge in [-0.1, -0.05) is 15.9 Å². The van der Waals surface area contributed by atoms with E-state index in [1.165, 1.54) is 0 Å². The molecule has 4 nitrogen and oxygen atoms in total. The van der Waals surface area contributed by atoms with Crippen molar-refractivity contribution in [2.24, 2.45) is 5.92 Å². The molecule has 1 aromatic rings. The molecule has 96 valence electrons. The van der Waals surface area contributed by atoms with Gasteiger partial charge in [0.05, 0.1) is 11.5 Å². The first kappa shape index (κ1) is 13.5. The van der Waals surface area contributed by atoms with Crippen LogP contribution in [0.25, 0.3) is 0 Å². The van der Waals surface area contributed by atoms with Gasteiger partial charge in [-0.3, -0.25) is 9.59 Å². The Kier molecular flexibility index (Phi) is 4.07. The number of carbonyl (C=O) groups is 2. The Morgan fingerprint density at radius 3 is 2.67 bits per heavy atom. The van der Waals surface area contributed by atoms with Gasteiger partial charge in [0.15, 0.2) is 0 Å². The molecule has 1 fully saturated rings.